The van der Waals surface area contributed by atoms with Gasteiger partial charge in [-0.05, 0) is 25.2 Å². The fraction of sp³-hybridized carbons (Fsp3) is 0.852. The van der Waals surface area contributed by atoms with Crippen LogP contribution in [0.4, 0.5) is 0 Å². The topological polar surface area (TPSA) is 144 Å². The summed E-state index contributed by atoms with van der Waals surface area (Å²) in [4.78, 5) is 28.0. The summed E-state index contributed by atoms with van der Waals surface area (Å²) in [7, 11) is 0. The first kappa shape index (κ1) is 27.8. The lowest BCUT2D eigenvalue weighted by atomic mass is 9.84. The van der Waals surface area contributed by atoms with Crippen LogP contribution in [0.5, 0.6) is 0 Å². The van der Waals surface area contributed by atoms with Gasteiger partial charge in [0, 0.05) is 55.6 Å². The molecule has 5 saturated heterocycles. The van der Waals surface area contributed by atoms with E-state index in [1.165, 1.54) is 25.7 Å². The molecule has 0 spiro atoms. The van der Waals surface area contributed by atoms with Crippen LogP contribution >= 0.6 is 23.5 Å². The molecular weight excluding hydrogens is 550 g/mol. The molecule has 1 aliphatic carbocycles. The fourth-order valence-corrected chi connectivity index (χ4v) is 10.7. The second kappa shape index (κ2) is 11.9. The third-order valence-electron chi connectivity index (χ3n) is 9.89. The molecule has 0 aromatic heterocycles. The van der Waals surface area contributed by atoms with Crippen LogP contribution in [0, 0.1) is 17.8 Å². The second-order valence-corrected chi connectivity index (χ2v) is 14.9. The van der Waals surface area contributed by atoms with E-state index in [1.807, 2.05) is 11.8 Å². The number of ether oxygens (including phenoxy) is 2. The Labute approximate surface area is 244 Å². The molecule has 8 N–H and O–H groups in total. The Balaban J connectivity index is 0.985. The van der Waals surface area contributed by atoms with Crippen LogP contribution in [0.25, 0.3) is 0 Å². The lowest BCUT2D eigenvalue weighted by molar-refractivity contribution is -0.431. The van der Waals surface area contributed by atoms with Gasteiger partial charge in [-0.1, -0.05) is 6.42 Å². The zero-order valence-corrected chi connectivity index (χ0v) is 24.7. The van der Waals surface area contributed by atoms with Crippen molar-refractivity contribution in [2.75, 3.05) is 45.1 Å². The predicted molar refractivity (Wildman–Crippen MR) is 154 cm³/mol. The van der Waals surface area contributed by atoms with Gasteiger partial charge in [0.1, 0.15) is 16.9 Å². The number of amides is 1. The van der Waals surface area contributed by atoms with Crippen molar-refractivity contribution in [2.45, 2.75) is 78.6 Å². The first-order valence-electron chi connectivity index (χ1n) is 15.2. The number of ketones is 1. The molecule has 11 atom stereocenters. The van der Waals surface area contributed by atoms with Crippen molar-refractivity contribution in [3.8, 4) is 0 Å². The summed E-state index contributed by atoms with van der Waals surface area (Å²) >= 11 is 3.63. The quantitative estimate of drug-likeness (QED) is 0.216. The molecule has 6 heterocycles. The zero-order chi connectivity index (χ0) is 27.2. The molecule has 13 heteroatoms. The Kier molecular flexibility index (Phi) is 8.26. The van der Waals surface area contributed by atoms with Crippen molar-refractivity contribution in [2.24, 2.45) is 17.8 Å². The number of fused-ring (bicyclic) bond motifs is 2. The van der Waals surface area contributed by atoms with Gasteiger partial charge in [-0.3, -0.25) is 30.9 Å². The molecular formula is C27H44N7O4S2+. The summed E-state index contributed by atoms with van der Waals surface area (Å²) in [5.41, 5.74) is 4.44. The van der Waals surface area contributed by atoms with Gasteiger partial charge in [0.15, 0.2) is 11.7 Å². The van der Waals surface area contributed by atoms with E-state index in [2.05, 4.69) is 37.2 Å². The number of piperidine rings is 1. The molecule has 9 unspecified atom stereocenters. The van der Waals surface area contributed by atoms with Gasteiger partial charge in [-0.2, -0.15) is 0 Å². The van der Waals surface area contributed by atoms with Gasteiger partial charge >= 0.3 is 0 Å². The van der Waals surface area contributed by atoms with Crippen LogP contribution < -0.4 is 32.3 Å². The van der Waals surface area contributed by atoms with Crippen LogP contribution in [0.15, 0.2) is 12.0 Å². The lowest BCUT2D eigenvalue weighted by Crippen LogP contribution is -2.73. The maximum atomic E-state index is 13.0. The third kappa shape index (κ3) is 5.52. The highest BCUT2D eigenvalue weighted by Crippen LogP contribution is 2.45. The molecule has 0 aromatic carbocycles. The molecule has 0 radical (unpaired) electrons. The monoisotopic (exact) mass is 594 g/mol. The molecule has 7 aliphatic rings. The van der Waals surface area contributed by atoms with Crippen molar-refractivity contribution in [3.05, 3.63) is 12.0 Å². The third-order valence-corrected chi connectivity index (χ3v) is 12.8. The minimum Gasteiger partial charge on any atom is -0.474 e. The minimum atomic E-state index is -0.117. The number of rotatable bonds is 6. The fourth-order valence-electron chi connectivity index (χ4n) is 7.66. The lowest BCUT2D eigenvalue weighted by Gasteiger charge is -2.42. The van der Waals surface area contributed by atoms with E-state index in [4.69, 9.17) is 9.47 Å². The SMILES string of the molecule is [NH3+][C@@H]1CCCC[C@@H]1NC1CC2CNC(=O)C2C(NC2NCC(C3CSC4C(=O)C=C(N5CCOCC5)OC43)S2)N1. The number of hydrogen-bond donors (Lipinski definition) is 6. The van der Waals surface area contributed by atoms with E-state index in [1.54, 1.807) is 17.8 Å². The number of nitrogens with one attached hydrogen (secondary N) is 5. The molecule has 1 amide bonds. The van der Waals surface area contributed by atoms with E-state index in [0.717, 1.165) is 44.2 Å². The zero-order valence-electron chi connectivity index (χ0n) is 23.0. The normalized spacial score (nSPS) is 45.5. The van der Waals surface area contributed by atoms with Gasteiger partial charge in [0.25, 0.3) is 0 Å². The van der Waals surface area contributed by atoms with Crippen molar-refractivity contribution in [1.29, 1.82) is 0 Å². The Morgan fingerprint density at radius 1 is 1.10 bits per heavy atom. The first-order valence-corrected chi connectivity index (χ1v) is 17.2. The van der Waals surface area contributed by atoms with E-state index in [9.17, 15) is 9.59 Å². The molecule has 11 nitrogen and oxygen atoms in total. The van der Waals surface area contributed by atoms with Crippen LogP contribution in [-0.4, -0.2) is 108 Å². The maximum absolute atomic E-state index is 13.0. The van der Waals surface area contributed by atoms with Crippen molar-refractivity contribution in [1.82, 2.24) is 31.5 Å². The molecule has 1 saturated carbocycles. The van der Waals surface area contributed by atoms with Crippen molar-refractivity contribution in [3.63, 3.8) is 0 Å². The number of carbonyl (C=O) groups excluding carboxylic acids is 2. The van der Waals surface area contributed by atoms with Crippen LogP contribution in [0.1, 0.15) is 32.1 Å². The van der Waals surface area contributed by atoms with Crippen molar-refractivity contribution >= 4 is 35.2 Å². The summed E-state index contributed by atoms with van der Waals surface area (Å²) in [6.07, 6.45) is 7.50. The number of quaternary nitrogens is 1. The average molecular weight is 595 g/mol. The number of carbonyl (C=O) groups is 2. The van der Waals surface area contributed by atoms with Gasteiger partial charge < -0.3 is 25.4 Å². The molecule has 0 bridgehead atoms. The molecule has 40 heavy (non-hydrogen) atoms. The Morgan fingerprint density at radius 3 is 2.80 bits per heavy atom. The number of allylic oxidation sites excluding steroid dienone is 1. The van der Waals surface area contributed by atoms with Crippen LogP contribution in [0.3, 0.4) is 0 Å². The summed E-state index contributed by atoms with van der Waals surface area (Å²) in [6, 6.07) is 0.871. The smallest absolute Gasteiger partial charge is 0.226 e. The van der Waals surface area contributed by atoms with Gasteiger partial charge in [-0.25, -0.2) is 0 Å². The van der Waals surface area contributed by atoms with Crippen LogP contribution in [-0.2, 0) is 19.1 Å². The molecule has 6 fully saturated rings. The van der Waals surface area contributed by atoms with E-state index in [0.29, 0.717) is 36.5 Å². The summed E-state index contributed by atoms with van der Waals surface area (Å²) in [5, 5.41) is 18.4. The largest absolute Gasteiger partial charge is 0.474 e. The standard InChI is InChI=1S/C27H43N7O4S2/c28-16-3-1-2-4-17(16)31-20-9-14-11-29-26(36)22(14)25(32-20)33-27-30-12-19(40-27)15-13-39-24-18(35)10-21(38-23(15)24)34-5-7-37-8-6-34/h10,14-17,19-20,22-25,27,30-33H,1-9,11-13,28H2,(H,29,36)/p+1/t14?,15?,16-,17+,19?,20?,22?,23?,24?,25?,27?/m1/s1. The average Bonchev–Trinajstić information content (AvgIpc) is 3.69. The van der Waals surface area contributed by atoms with Crippen LogP contribution in [0.2, 0.25) is 0 Å². The Morgan fingerprint density at radius 2 is 1.95 bits per heavy atom. The predicted octanol–water partition coefficient (Wildman–Crippen LogP) is -1.41. The highest BCUT2D eigenvalue weighted by Gasteiger charge is 2.51. The second-order valence-electron chi connectivity index (χ2n) is 12.4. The van der Waals surface area contributed by atoms with E-state index in [-0.39, 0.29) is 52.7 Å². The first-order chi connectivity index (χ1) is 19.5. The maximum Gasteiger partial charge on any atom is 0.226 e. The molecule has 222 valence electrons. The highest BCUT2D eigenvalue weighted by atomic mass is 32.2. The Hall–Kier alpha value is -1.06. The number of nitrogens with zero attached hydrogens (tertiary/aromatic N) is 1. The summed E-state index contributed by atoms with van der Waals surface area (Å²) in [6.45, 7) is 4.45. The molecule has 7 rings (SSSR count). The summed E-state index contributed by atoms with van der Waals surface area (Å²) in [5.74, 6) is 2.49. The number of hydrogen-bond acceptors (Lipinski definition) is 11. The van der Waals surface area contributed by atoms with Gasteiger partial charge in [-0.15, -0.1) is 23.5 Å². The van der Waals surface area contributed by atoms with Crippen molar-refractivity contribution < 1.29 is 24.8 Å². The summed E-state index contributed by atoms with van der Waals surface area (Å²) < 4.78 is 12.0. The number of thioether (sulfide) groups is 2. The minimum absolute atomic E-state index is 0.0307. The van der Waals surface area contributed by atoms with Gasteiger partial charge in [0.05, 0.1) is 43.5 Å². The number of morpholine rings is 1. The van der Waals surface area contributed by atoms with E-state index < -0.39 is 0 Å². The highest BCUT2D eigenvalue weighted by molar-refractivity contribution is 8.01. The molecule has 0 aromatic rings. The van der Waals surface area contributed by atoms with Gasteiger partial charge in [0.2, 0.25) is 5.91 Å². The van der Waals surface area contributed by atoms with E-state index >= 15 is 0 Å². The molecule has 6 aliphatic heterocycles. The Bertz CT molecular complexity index is 1000.